The molecule has 1 aromatic carbocycles. The van der Waals surface area contributed by atoms with Crippen LogP contribution in [0.1, 0.15) is 40.2 Å². The molecule has 0 saturated heterocycles. The van der Waals surface area contributed by atoms with Gasteiger partial charge < -0.3 is 15.8 Å². The molecule has 1 amide bonds. The van der Waals surface area contributed by atoms with Crippen LogP contribution in [0.3, 0.4) is 0 Å². The first-order chi connectivity index (χ1) is 11.6. The maximum Gasteiger partial charge on any atom is 0.253 e. The molecule has 4 N–H and O–H groups in total. The van der Waals surface area contributed by atoms with Crippen molar-refractivity contribution < 1.29 is 9.90 Å². The van der Waals surface area contributed by atoms with Crippen molar-refractivity contribution in [2.24, 2.45) is 5.73 Å². The summed E-state index contributed by atoms with van der Waals surface area (Å²) < 4.78 is 1.89. The fourth-order valence-electron chi connectivity index (χ4n) is 3.62. The molecule has 0 atom stereocenters. The number of pyridine rings is 1. The van der Waals surface area contributed by atoms with Crippen LogP contribution in [0.15, 0.2) is 24.4 Å². The molecule has 1 aliphatic carbocycles. The van der Waals surface area contributed by atoms with Gasteiger partial charge in [0.15, 0.2) is 0 Å². The second kappa shape index (κ2) is 4.29. The number of aryl methyl sites for hydroxylation is 1. The Morgan fingerprint density at radius 2 is 2.21 bits per heavy atom. The van der Waals surface area contributed by atoms with Gasteiger partial charge in [0.2, 0.25) is 0 Å². The predicted octanol–water partition coefficient (Wildman–Crippen LogP) is 2.96. The monoisotopic (exact) mass is 320 g/mol. The number of nitrogens with zero attached hydrogens (tertiary/aromatic N) is 2. The lowest BCUT2D eigenvalue weighted by atomic mass is 10.1. The number of amides is 1. The third-order valence-electron chi connectivity index (χ3n) is 4.95. The fraction of sp³-hybridized carbons (Fsp3) is 0.222. The van der Waals surface area contributed by atoms with Crippen LogP contribution in [0.2, 0.25) is 0 Å². The van der Waals surface area contributed by atoms with Crippen molar-refractivity contribution in [1.29, 1.82) is 0 Å². The summed E-state index contributed by atoms with van der Waals surface area (Å²) in [6.45, 7) is 1.96. The summed E-state index contributed by atoms with van der Waals surface area (Å²) >= 11 is 0. The number of benzene rings is 1. The molecule has 1 fully saturated rings. The number of nitrogens with two attached hydrogens (primary N) is 1. The molecule has 24 heavy (non-hydrogen) atoms. The Morgan fingerprint density at radius 1 is 1.42 bits per heavy atom. The number of hydrogen-bond donors (Lipinski definition) is 3. The minimum Gasteiger partial charge on any atom is -0.506 e. The number of imidazole rings is 1. The van der Waals surface area contributed by atoms with Crippen LogP contribution in [-0.4, -0.2) is 25.4 Å². The number of fused-ring (bicyclic) bond motifs is 5. The number of carbonyl (C=O) groups excluding carboxylic acids is 1. The van der Waals surface area contributed by atoms with Gasteiger partial charge in [0, 0.05) is 11.6 Å². The fourth-order valence-corrected chi connectivity index (χ4v) is 3.62. The Kier molecular flexibility index (Phi) is 2.40. The number of aromatic amines is 1. The first kappa shape index (κ1) is 13.4. The molecule has 120 valence electrons. The van der Waals surface area contributed by atoms with E-state index in [9.17, 15) is 9.90 Å². The smallest absolute Gasteiger partial charge is 0.253 e. The summed E-state index contributed by atoms with van der Waals surface area (Å²) in [5.74, 6) is 0.182. The standard InChI is InChI=1S/C18H16N4O2/c1-8-2-5-12(23)14-15(8)22-17-11(13(16(19)24)18(22)21-14)6-10(7-20-17)9-3-4-9/h2,5-7,9,21,23H,3-4H2,1H3,(H2,19,24). The number of phenolic OH excluding ortho intramolecular Hbond substituents is 1. The third-order valence-corrected chi connectivity index (χ3v) is 4.95. The number of primary amides is 1. The highest BCUT2D eigenvalue weighted by atomic mass is 16.3. The van der Waals surface area contributed by atoms with Gasteiger partial charge in [0.25, 0.3) is 5.91 Å². The lowest BCUT2D eigenvalue weighted by molar-refractivity contribution is 0.100. The van der Waals surface area contributed by atoms with Crippen molar-refractivity contribution >= 4 is 33.6 Å². The highest BCUT2D eigenvalue weighted by molar-refractivity contribution is 6.14. The Bertz CT molecular complexity index is 1160. The summed E-state index contributed by atoms with van der Waals surface area (Å²) in [4.78, 5) is 19.9. The van der Waals surface area contributed by atoms with E-state index in [2.05, 4.69) is 9.97 Å². The van der Waals surface area contributed by atoms with Crippen molar-refractivity contribution in [3.05, 3.63) is 41.1 Å². The van der Waals surface area contributed by atoms with Crippen LogP contribution in [0.5, 0.6) is 5.75 Å². The summed E-state index contributed by atoms with van der Waals surface area (Å²) in [6, 6.07) is 5.52. The number of aromatic hydroxyl groups is 1. The molecule has 3 heterocycles. The van der Waals surface area contributed by atoms with Gasteiger partial charge in [-0.2, -0.15) is 0 Å². The minimum absolute atomic E-state index is 0.137. The lowest BCUT2D eigenvalue weighted by Gasteiger charge is -2.02. The Labute approximate surface area is 136 Å². The largest absolute Gasteiger partial charge is 0.506 e. The van der Waals surface area contributed by atoms with Gasteiger partial charge in [-0.25, -0.2) is 4.98 Å². The van der Waals surface area contributed by atoms with Crippen molar-refractivity contribution in [1.82, 2.24) is 14.4 Å². The van der Waals surface area contributed by atoms with Crippen LogP contribution in [0.25, 0.3) is 27.7 Å². The molecule has 5 rings (SSSR count). The zero-order valence-corrected chi connectivity index (χ0v) is 13.1. The van der Waals surface area contributed by atoms with Gasteiger partial charge >= 0.3 is 0 Å². The average Bonchev–Trinajstić information content (AvgIpc) is 3.24. The first-order valence-corrected chi connectivity index (χ1v) is 8.00. The van der Waals surface area contributed by atoms with Gasteiger partial charge in [-0.3, -0.25) is 9.20 Å². The van der Waals surface area contributed by atoms with E-state index in [1.165, 1.54) is 12.8 Å². The lowest BCUT2D eigenvalue weighted by Crippen LogP contribution is -2.11. The van der Waals surface area contributed by atoms with Crippen LogP contribution < -0.4 is 5.73 Å². The van der Waals surface area contributed by atoms with Crippen molar-refractivity contribution in [2.75, 3.05) is 0 Å². The van der Waals surface area contributed by atoms with Gasteiger partial charge in [0.05, 0.1) is 11.1 Å². The Morgan fingerprint density at radius 3 is 2.92 bits per heavy atom. The molecule has 0 spiro atoms. The molecule has 0 aliphatic heterocycles. The number of rotatable bonds is 2. The van der Waals surface area contributed by atoms with E-state index in [0.717, 1.165) is 22.0 Å². The van der Waals surface area contributed by atoms with E-state index < -0.39 is 5.91 Å². The molecule has 0 bridgehead atoms. The summed E-state index contributed by atoms with van der Waals surface area (Å²) in [7, 11) is 0. The van der Waals surface area contributed by atoms with Crippen LogP contribution in [0.4, 0.5) is 0 Å². The Balaban J connectivity index is 2.02. The van der Waals surface area contributed by atoms with Crippen molar-refractivity contribution in [2.45, 2.75) is 25.7 Å². The molecule has 6 heteroatoms. The molecular formula is C18H16N4O2. The van der Waals surface area contributed by atoms with Crippen LogP contribution >= 0.6 is 0 Å². The van der Waals surface area contributed by atoms with Gasteiger partial charge in [-0.1, -0.05) is 6.07 Å². The number of phenols is 1. The quantitative estimate of drug-likeness (QED) is 0.530. The van der Waals surface area contributed by atoms with E-state index >= 15 is 0 Å². The normalized spacial score (nSPS) is 14.9. The van der Waals surface area contributed by atoms with E-state index in [1.54, 1.807) is 6.07 Å². The number of carbonyl (C=O) groups is 1. The molecular weight excluding hydrogens is 304 g/mol. The summed E-state index contributed by atoms with van der Waals surface area (Å²) in [5.41, 5.74) is 10.9. The molecule has 1 saturated carbocycles. The molecule has 0 unspecified atom stereocenters. The third kappa shape index (κ3) is 1.60. The zero-order chi connectivity index (χ0) is 16.6. The SMILES string of the molecule is Cc1ccc(O)c2[nH]c3c(C(N)=O)c4cc(C5CC5)cnc4n3c12. The van der Waals surface area contributed by atoms with Crippen LogP contribution in [0, 0.1) is 6.92 Å². The second-order valence-corrected chi connectivity index (χ2v) is 6.59. The van der Waals surface area contributed by atoms with Crippen molar-refractivity contribution in [3.63, 3.8) is 0 Å². The Hall–Kier alpha value is -3.02. The van der Waals surface area contributed by atoms with E-state index in [4.69, 9.17) is 5.73 Å². The maximum atomic E-state index is 12.1. The number of hydrogen-bond acceptors (Lipinski definition) is 3. The summed E-state index contributed by atoms with van der Waals surface area (Å²) in [6.07, 6.45) is 4.22. The van der Waals surface area contributed by atoms with Gasteiger partial charge in [-0.15, -0.1) is 0 Å². The maximum absolute atomic E-state index is 12.1. The van der Waals surface area contributed by atoms with Crippen molar-refractivity contribution in [3.8, 4) is 5.75 Å². The second-order valence-electron chi connectivity index (χ2n) is 6.59. The topological polar surface area (TPSA) is 96.4 Å². The zero-order valence-electron chi connectivity index (χ0n) is 13.1. The summed E-state index contributed by atoms with van der Waals surface area (Å²) in [5, 5.41) is 10.9. The highest BCUT2D eigenvalue weighted by Crippen LogP contribution is 2.42. The highest BCUT2D eigenvalue weighted by Gasteiger charge is 2.27. The minimum atomic E-state index is -0.499. The van der Waals surface area contributed by atoms with Gasteiger partial charge in [-0.05, 0) is 48.9 Å². The van der Waals surface area contributed by atoms with Gasteiger partial charge in [0.1, 0.15) is 22.6 Å². The number of H-pyrrole nitrogens is 1. The first-order valence-electron chi connectivity index (χ1n) is 8.00. The van der Waals surface area contributed by atoms with E-state index in [-0.39, 0.29) is 5.75 Å². The molecule has 4 aromatic rings. The number of nitrogens with one attached hydrogen (secondary N) is 1. The number of aromatic nitrogens is 3. The molecule has 1 aliphatic rings. The van der Waals surface area contributed by atoms with Crippen LogP contribution in [-0.2, 0) is 0 Å². The predicted molar refractivity (Wildman–Crippen MR) is 91.4 cm³/mol. The van der Waals surface area contributed by atoms with E-state index in [0.29, 0.717) is 28.3 Å². The molecule has 6 nitrogen and oxygen atoms in total. The van der Waals surface area contributed by atoms with E-state index in [1.807, 2.05) is 29.7 Å². The molecule has 0 radical (unpaired) electrons. The molecule has 3 aromatic heterocycles. The average molecular weight is 320 g/mol.